The number of carbonyl (C=O) groups excluding carboxylic acids is 1. The molecular weight excluding hydrogens is 260 g/mol. The number of ketones is 1. The van der Waals surface area contributed by atoms with Crippen LogP contribution in [0.3, 0.4) is 0 Å². The van der Waals surface area contributed by atoms with Crippen LogP contribution < -0.4 is 4.90 Å². The summed E-state index contributed by atoms with van der Waals surface area (Å²) in [5, 5.41) is 8.77. The lowest BCUT2D eigenvalue weighted by molar-refractivity contribution is 0.100. The number of benzene rings is 2. The van der Waals surface area contributed by atoms with Gasteiger partial charge in [-0.05, 0) is 49.2 Å². The highest BCUT2D eigenvalue weighted by Crippen LogP contribution is 2.18. The van der Waals surface area contributed by atoms with Crippen molar-refractivity contribution in [3.8, 4) is 6.07 Å². The number of rotatable bonds is 4. The zero-order valence-corrected chi connectivity index (χ0v) is 12.6. The van der Waals surface area contributed by atoms with E-state index in [2.05, 4.69) is 24.3 Å². The zero-order valence-electron chi connectivity index (χ0n) is 12.6. The average Bonchev–Trinajstić information content (AvgIpc) is 2.46. The number of nitriles is 1. The third-order valence-corrected chi connectivity index (χ3v) is 3.36. The predicted octanol–water partition coefficient (Wildman–Crippen LogP) is 3.49. The highest BCUT2D eigenvalue weighted by atomic mass is 16.1. The van der Waals surface area contributed by atoms with Crippen LogP contribution in [0.4, 0.5) is 5.69 Å². The van der Waals surface area contributed by atoms with Crippen molar-refractivity contribution in [2.24, 2.45) is 0 Å². The highest BCUT2D eigenvalue weighted by molar-refractivity contribution is 5.99. The minimum absolute atomic E-state index is 0.0427. The molecule has 2 aromatic rings. The van der Waals surface area contributed by atoms with Gasteiger partial charge in [0.15, 0.2) is 5.78 Å². The third-order valence-electron chi connectivity index (χ3n) is 3.36. The molecule has 0 fully saturated rings. The van der Waals surface area contributed by atoms with Crippen LogP contribution in [0.5, 0.6) is 0 Å². The van der Waals surface area contributed by atoms with E-state index in [0.29, 0.717) is 17.7 Å². The third kappa shape index (κ3) is 3.70. The van der Waals surface area contributed by atoms with Crippen molar-refractivity contribution in [1.29, 1.82) is 5.26 Å². The summed E-state index contributed by atoms with van der Waals surface area (Å²) in [6.07, 6.45) is 0. The fourth-order valence-electron chi connectivity index (χ4n) is 2.30. The Morgan fingerprint density at radius 1 is 1.10 bits per heavy atom. The van der Waals surface area contributed by atoms with Crippen molar-refractivity contribution < 1.29 is 4.79 Å². The lowest BCUT2D eigenvalue weighted by Gasteiger charge is -2.19. The number of aryl methyl sites for hydroxylation is 2. The number of carbonyl (C=O) groups is 1. The molecule has 3 heteroatoms. The molecule has 3 nitrogen and oxygen atoms in total. The van der Waals surface area contributed by atoms with Gasteiger partial charge in [0, 0.05) is 18.3 Å². The normalized spacial score (nSPS) is 10.0. The topological polar surface area (TPSA) is 44.1 Å². The van der Waals surface area contributed by atoms with Gasteiger partial charge in [-0.1, -0.05) is 18.2 Å². The summed E-state index contributed by atoms with van der Waals surface area (Å²) < 4.78 is 0. The standard InChI is InChI=1S/C18H18N2O/c1-13-8-14(2)10-17(9-13)20(3)12-18(21)16-6-4-15(11-19)5-7-16/h4-10H,12H2,1-3H3. The Labute approximate surface area is 125 Å². The quantitative estimate of drug-likeness (QED) is 0.804. The summed E-state index contributed by atoms with van der Waals surface area (Å²) in [7, 11) is 1.91. The van der Waals surface area contributed by atoms with E-state index in [9.17, 15) is 4.79 Å². The van der Waals surface area contributed by atoms with Gasteiger partial charge in [-0.2, -0.15) is 5.26 Å². The lowest BCUT2D eigenvalue weighted by atomic mass is 10.1. The van der Waals surface area contributed by atoms with Crippen LogP contribution >= 0.6 is 0 Å². The summed E-state index contributed by atoms with van der Waals surface area (Å²) >= 11 is 0. The van der Waals surface area contributed by atoms with Crippen molar-refractivity contribution in [2.45, 2.75) is 13.8 Å². The molecule has 2 rings (SSSR count). The van der Waals surface area contributed by atoms with Crippen LogP contribution in [0.2, 0.25) is 0 Å². The molecule has 21 heavy (non-hydrogen) atoms. The van der Waals surface area contributed by atoms with Crippen LogP contribution in [0.1, 0.15) is 27.0 Å². The number of likely N-dealkylation sites (N-methyl/N-ethyl adjacent to an activating group) is 1. The fraction of sp³-hybridized carbons (Fsp3) is 0.222. The van der Waals surface area contributed by atoms with Crippen molar-refractivity contribution in [3.63, 3.8) is 0 Å². The Kier molecular flexibility index (Phi) is 4.39. The van der Waals surface area contributed by atoms with Crippen molar-refractivity contribution in [1.82, 2.24) is 0 Å². The summed E-state index contributed by atoms with van der Waals surface area (Å²) in [5.41, 5.74) is 4.60. The van der Waals surface area contributed by atoms with Crippen LogP contribution in [0.25, 0.3) is 0 Å². The van der Waals surface area contributed by atoms with Gasteiger partial charge in [-0.25, -0.2) is 0 Å². The van der Waals surface area contributed by atoms with Gasteiger partial charge in [0.25, 0.3) is 0 Å². The first kappa shape index (κ1) is 14.8. The Balaban J connectivity index is 2.12. The Hall–Kier alpha value is -2.60. The number of anilines is 1. The Morgan fingerprint density at radius 2 is 1.67 bits per heavy atom. The molecule has 0 aliphatic heterocycles. The summed E-state index contributed by atoms with van der Waals surface area (Å²) in [6.45, 7) is 4.41. The maximum absolute atomic E-state index is 12.3. The van der Waals surface area contributed by atoms with Crippen LogP contribution in [0.15, 0.2) is 42.5 Å². The Morgan fingerprint density at radius 3 is 2.19 bits per heavy atom. The van der Waals surface area contributed by atoms with Gasteiger partial charge in [-0.3, -0.25) is 4.79 Å². The molecule has 0 saturated carbocycles. The Bertz CT molecular complexity index is 676. The van der Waals surface area contributed by atoms with E-state index in [1.807, 2.05) is 25.8 Å². The second kappa shape index (κ2) is 6.23. The second-order valence-electron chi connectivity index (χ2n) is 5.31. The highest BCUT2D eigenvalue weighted by Gasteiger charge is 2.10. The van der Waals surface area contributed by atoms with Gasteiger partial charge >= 0.3 is 0 Å². The van der Waals surface area contributed by atoms with Crippen molar-refractivity contribution in [2.75, 3.05) is 18.5 Å². The molecule has 0 saturated heterocycles. The number of Topliss-reactive ketones (excluding diaryl/α,β-unsaturated/α-hetero) is 1. The van der Waals surface area contributed by atoms with E-state index in [1.165, 1.54) is 11.1 Å². The van der Waals surface area contributed by atoms with Crippen molar-refractivity contribution in [3.05, 3.63) is 64.7 Å². The van der Waals surface area contributed by atoms with Gasteiger partial charge < -0.3 is 4.90 Å². The maximum Gasteiger partial charge on any atom is 0.182 e. The molecule has 0 spiro atoms. The van der Waals surface area contributed by atoms with E-state index in [-0.39, 0.29) is 5.78 Å². The predicted molar refractivity (Wildman–Crippen MR) is 84.7 cm³/mol. The number of hydrogen-bond donors (Lipinski definition) is 0. The molecule has 0 aliphatic rings. The summed E-state index contributed by atoms with van der Waals surface area (Å²) in [5.74, 6) is 0.0427. The molecule has 0 atom stereocenters. The van der Waals surface area contributed by atoms with Gasteiger partial charge in [0.05, 0.1) is 18.2 Å². The van der Waals surface area contributed by atoms with Crippen LogP contribution in [-0.2, 0) is 0 Å². The minimum Gasteiger partial charge on any atom is -0.367 e. The zero-order chi connectivity index (χ0) is 15.4. The van der Waals surface area contributed by atoms with E-state index in [1.54, 1.807) is 24.3 Å². The van der Waals surface area contributed by atoms with E-state index in [4.69, 9.17) is 5.26 Å². The largest absolute Gasteiger partial charge is 0.367 e. The first-order valence-electron chi connectivity index (χ1n) is 6.82. The number of nitrogens with zero attached hydrogens (tertiary/aromatic N) is 2. The summed E-state index contributed by atoms with van der Waals surface area (Å²) in [4.78, 5) is 14.2. The molecule has 0 bridgehead atoms. The molecule has 106 valence electrons. The molecule has 2 aromatic carbocycles. The van der Waals surface area contributed by atoms with Gasteiger partial charge in [-0.15, -0.1) is 0 Å². The molecule has 0 aromatic heterocycles. The summed E-state index contributed by atoms with van der Waals surface area (Å²) in [6, 6.07) is 15.0. The molecule has 0 amide bonds. The minimum atomic E-state index is 0.0427. The maximum atomic E-state index is 12.3. The molecule has 0 radical (unpaired) electrons. The molecule has 0 aliphatic carbocycles. The van der Waals surface area contributed by atoms with Crippen molar-refractivity contribution >= 4 is 11.5 Å². The first-order valence-corrected chi connectivity index (χ1v) is 6.82. The molecular formula is C18H18N2O. The van der Waals surface area contributed by atoms with Gasteiger partial charge in [0.2, 0.25) is 0 Å². The second-order valence-corrected chi connectivity index (χ2v) is 5.31. The monoisotopic (exact) mass is 278 g/mol. The van der Waals surface area contributed by atoms with E-state index in [0.717, 1.165) is 5.69 Å². The fourth-order valence-corrected chi connectivity index (χ4v) is 2.30. The average molecular weight is 278 g/mol. The van der Waals surface area contributed by atoms with E-state index < -0.39 is 0 Å². The number of hydrogen-bond acceptors (Lipinski definition) is 3. The lowest BCUT2D eigenvalue weighted by Crippen LogP contribution is -2.25. The molecule has 0 heterocycles. The molecule has 0 N–H and O–H groups in total. The first-order chi connectivity index (χ1) is 9.99. The van der Waals surface area contributed by atoms with Gasteiger partial charge in [0.1, 0.15) is 0 Å². The van der Waals surface area contributed by atoms with E-state index >= 15 is 0 Å². The van der Waals surface area contributed by atoms with Crippen LogP contribution in [-0.4, -0.2) is 19.4 Å². The SMILES string of the molecule is Cc1cc(C)cc(N(C)CC(=O)c2ccc(C#N)cc2)c1. The smallest absolute Gasteiger partial charge is 0.182 e. The molecule has 0 unspecified atom stereocenters. The van der Waals surface area contributed by atoms with Crippen LogP contribution in [0, 0.1) is 25.2 Å².